The molecule has 4 rings (SSSR count). The molecular weight excluding hydrogens is 490 g/mol. The number of carbonyl (C=O) groups is 2. The molecule has 1 aliphatic rings. The lowest BCUT2D eigenvalue weighted by atomic mass is 9.88. The van der Waals surface area contributed by atoms with Crippen LogP contribution in [-0.2, 0) is 4.74 Å². The van der Waals surface area contributed by atoms with E-state index in [2.05, 4.69) is 40.0 Å². The number of rotatable bonds is 7. The monoisotopic (exact) mass is 527 g/mol. The molecule has 0 radical (unpaired) electrons. The van der Waals surface area contributed by atoms with E-state index in [1.54, 1.807) is 37.5 Å². The number of esters is 1. The lowest BCUT2D eigenvalue weighted by Crippen LogP contribution is -2.34. The molecule has 0 atom stereocenters. The van der Waals surface area contributed by atoms with Crippen molar-refractivity contribution in [1.29, 1.82) is 0 Å². The van der Waals surface area contributed by atoms with E-state index >= 15 is 0 Å². The van der Waals surface area contributed by atoms with Crippen molar-refractivity contribution in [3.63, 3.8) is 0 Å². The number of methoxy groups -OCH3 is 1. The molecule has 3 heterocycles. The number of aromatic nitrogens is 2. The Hall–Kier alpha value is -4.04. The molecule has 1 aliphatic heterocycles. The molecular formula is C31H37N5O3. The summed E-state index contributed by atoms with van der Waals surface area (Å²) in [5.41, 5.74) is 12.8. The van der Waals surface area contributed by atoms with Gasteiger partial charge in [0.05, 0.1) is 12.7 Å². The van der Waals surface area contributed by atoms with E-state index in [9.17, 15) is 9.59 Å². The summed E-state index contributed by atoms with van der Waals surface area (Å²) in [5.74, 6) is 0.331. The molecule has 0 aliphatic carbocycles. The number of nitrogens with zero attached hydrogens (tertiary/aromatic N) is 4. The first kappa shape index (κ1) is 28.0. The molecule has 0 unspecified atom stereocenters. The van der Waals surface area contributed by atoms with Gasteiger partial charge in [0.25, 0.3) is 5.91 Å². The minimum Gasteiger partial charge on any atom is -0.465 e. The summed E-state index contributed by atoms with van der Waals surface area (Å²) in [4.78, 5) is 37.5. The van der Waals surface area contributed by atoms with Crippen LogP contribution in [0.1, 0.15) is 63.2 Å². The summed E-state index contributed by atoms with van der Waals surface area (Å²) in [6, 6.07) is 11.5. The number of carbonyl (C=O) groups excluding carboxylic acids is 2. The first-order valence-corrected chi connectivity index (χ1v) is 13.2. The second-order valence-corrected chi connectivity index (χ2v) is 10.4. The molecule has 0 spiro atoms. The Kier molecular flexibility index (Phi) is 8.76. The summed E-state index contributed by atoms with van der Waals surface area (Å²) in [5, 5.41) is 0. The fraction of sp³-hybridized carbons (Fsp3) is 0.355. The number of nitrogen functional groups attached to an aromatic ring is 1. The van der Waals surface area contributed by atoms with Gasteiger partial charge in [-0.1, -0.05) is 23.8 Å². The van der Waals surface area contributed by atoms with Gasteiger partial charge in [-0.15, -0.1) is 0 Å². The number of piperidine rings is 1. The van der Waals surface area contributed by atoms with Crippen molar-refractivity contribution in [2.75, 3.05) is 46.6 Å². The van der Waals surface area contributed by atoms with Gasteiger partial charge in [0.2, 0.25) is 0 Å². The van der Waals surface area contributed by atoms with E-state index in [-0.39, 0.29) is 11.7 Å². The highest BCUT2D eigenvalue weighted by molar-refractivity contribution is 5.99. The minimum absolute atomic E-state index is 0.0276. The number of hydrogen-bond donors (Lipinski definition) is 1. The highest BCUT2D eigenvalue weighted by atomic mass is 16.5. The van der Waals surface area contributed by atoms with Crippen LogP contribution >= 0.6 is 0 Å². The molecule has 0 bridgehead atoms. The predicted octanol–water partition coefficient (Wildman–Crippen LogP) is 4.81. The third-order valence-corrected chi connectivity index (χ3v) is 7.30. The molecule has 2 N–H and O–H groups in total. The maximum absolute atomic E-state index is 12.5. The standard InChI is InChI=1S/C31H37N5O3/c1-20(19-36-14-11-23(12-15-36)22-6-8-24(9-7-22)30(37)35(3)4)16-26-21(2)33-13-10-25(26)28-18-34-29(32)17-27(28)31(38)39-5/h6-10,13,16-18,23H,11-12,14-15,19H2,1-5H3,(H2,32,34)/b20-16+. The van der Waals surface area contributed by atoms with Crippen molar-refractivity contribution < 1.29 is 14.3 Å². The minimum atomic E-state index is -0.456. The number of likely N-dealkylation sites (tertiary alicyclic amines) is 1. The molecule has 8 heteroatoms. The van der Waals surface area contributed by atoms with Gasteiger partial charge >= 0.3 is 5.97 Å². The SMILES string of the molecule is COC(=O)c1cc(N)ncc1-c1ccnc(C)c1/C=C(\C)CN1CCC(c2ccc(C(=O)N(C)C)cc2)CC1. The van der Waals surface area contributed by atoms with Gasteiger partial charge in [-0.25, -0.2) is 9.78 Å². The molecule has 3 aromatic rings. The molecule has 8 nitrogen and oxygen atoms in total. The van der Waals surface area contributed by atoms with E-state index in [1.807, 2.05) is 25.1 Å². The number of ether oxygens (including phenoxy) is 1. The Morgan fingerprint density at radius 3 is 2.44 bits per heavy atom. The van der Waals surface area contributed by atoms with E-state index in [0.717, 1.165) is 54.9 Å². The maximum Gasteiger partial charge on any atom is 0.338 e. The van der Waals surface area contributed by atoms with Gasteiger partial charge in [0.15, 0.2) is 0 Å². The van der Waals surface area contributed by atoms with Crippen LogP contribution in [0.4, 0.5) is 5.82 Å². The highest BCUT2D eigenvalue weighted by Crippen LogP contribution is 2.32. The first-order chi connectivity index (χ1) is 18.7. The van der Waals surface area contributed by atoms with Gasteiger partial charge in [0.1, 0.15) is 5.82 Å². The third-order valence-electron chi connectivity index (χ3n) is 7.30. The van der Waals surface area contributed by atoms with E-state index < -0.39 is 5.97 Å². The number of aryl methyl sites for hydroxylation is 1. The van der Waals surface area contributed by atoms with Crippen molar-refractivity contribution in [3.05, 3.63) is 82.3 Å². The van der Waals surface area contributed by atoms with Crippen molar-refractivity contribution in [3.8, 4) is 11.1 Å². The lowest BCUT2D eigenvalue weighted by molar-refractivity contribution is 0.0601. The summed E-state index contributed by atoms with van der Waals surface area (Å²) in [6.07, 6.45) is 7.66. The van der Waals surface area contributed by atoms with Gasteiger partial charge in [-0.3, -0.25) is 14.7 Å². The summed E-state index contributed by atoms with van der Waals surface area (Å²) < 4.78 is 4.99. The number of anilines is 1. The second-order valence-electron chi connectivity index (χ2n) is 10.4. The Labute approximate surface area is 230 Å². The zero-order valence-corrected chi connectivity index (χ0v) is 23.4. The molecule has 1 saturated heterocycles. The van der Waals surface area contributed by atoms with Crippen LogP contribution in [0.3, 0.4) is 0 Å². The fourth-order valence-corrected chi connectivity index (χ4v) is 5.19. The Morgan fingerprint density at radius 2 is 1.79 bits per heavy atom. The number of amides is 1. The molecule has 204 valence electrons. The van der Waals surface area contributed by atoms with Crippen molar-refractivity contribution in [1.82, 2.24) is 19.8 Å². The van der Waals surface area contributed by atoms with E-state index in [1.165, 1.54) is 18.2 Å². The van der Waals surface area contributed by atoms with E-state index in [4.69, 9.17) is 10.5 Å². The van der Waals surface area contributed by atoms with Gasteiger partial charge < -0.3 is 15.4 Å². The first-order valence-electron chi connectivity index (χ1n) is 13.2. The molecule has 2 aromatic heterocycles. The average molecular weight is 528 g/mol. The van der Waals surface area contributed by atoms with Crippen molar-refractivity contribution in [2.24, 2.45) is 0 Å². The highest BCUT2D eigenvalue weighted by Gasteiger charge is 2.22. The van der Waals surface area contributed by atoms with Gasteiger partial charge in [0, 0.05) is 55.4 Å². The van der Waals surface area contributed by atoms with Crippen LogP contribution in [0.5, 0.6) is 0 Å². The molecule has 39 heavy (non-hydrogen) atoms. The molecule has 1 aromatic carbocycles. The Bertz CT molecular complexity index is 1370. The van der Waals surface area contributed by atoms with Crippen LogP contribution in [0.25, 0.3) is 17.2 Å². The molecule has 1 fully saturated rings. The smallest absolute Gasteiger partial charge is 0.338 e. The van der Waals surface area contributed by atoms with E-state index in [0.29, 0.717) is 17.0 Å². The Morgan fingerprint density at radius 1 is 1.10 bits per heavy atom. The second kappa shape index (κ2) is 12.2. The topological polar surface area (TPSA) is 102 Å². The zero-order valence-electron chi connectivity index (χ0n) is 23.4. The van der Waals surface area contributed by atoms with Crippen LogP contribution in [0.15, 0.2) is 54.4 Å². The number of benzene rings is 1. The van der Waals surface area contributed by atoms with Crippen molar-refractivity contribution >= 4 is 23.8 Å². The quantitative estimate of drug-likeness (QED) is 0.440. The summed E-state index contributed by atoms with van der Waals surface area (Å²) >= 11 is 0. The third kappa shape index (κ3) is 6.52. The molecule has 0 saturated carbocycles. The maximum atomic E-state index is 12.5. The van der Waals surface area contributed by atoms with Crippen LogP contribution in [0, 0.1) is 6.92 Å². The Balaban J connectivity index is 1.47. The molecule has 1 amide bonds. The lowest BCUT2D eigenvalue weighted by Gasteiger charge is -2.32. The number of hydrogen-bond acceptors (Lipinski definition) is 7. The normalized spacial score (nSPS) is 14.7. The average Bonchev–Trinajstić information content (AvgIpc) is 2.94. The predicted molar refractivity (Wildman–Crippen MR) is 154 cm³/mol. The van der Waals surface area contributed by atoms with Crippen LogP contribution in [0.2, 0.25) is 0 Å². The van der Waals surface area contributed by atoms with Crippen LogP contribution < -0.4 is 5.73 Å². The van der Waals surface area contributed by atoms with Gasteiger partial charge in [-0.05, 0) is 81.1 Å². The van der Waals surface area contributed by atoms with Gasteiger partial charge in [-0.2, -0.15) is 0 Å². The zero-order chi connectivity index (χ0) is 28.1. The fourth-order valence-electron chi connectivity index (χ4n) is 5.19. The summed E-state index contributed by atoms with van der Waals surface area (Å²) in [6.45, 7) is 6.95. The van der Waals surface area contributed by atoms with Crippen LogP contribution in [-0.4, -0.2) is 72.5 Å². The summed E-state index contributed by atoms with van der Waals surface area (Å²) in [7, 11) is 4.90. The number of pyridine rings is 2. The largest absolute Gasteiger partial charge is 0.465 e. The number of nitrogens with two attached hydrogens (primary N) is 1. The van der Waals surface area contributed by atoms with Crippen molar-refractivity contribution in [2.45, 2.75) is 32.6 Å².